The van der Waals surface area contributed by atoms with Crippen LogP contribution in [0.25, 0.3) is 10.8 Å². The molecule has 1 aliphatic heterocycles. The molecule has 1 aliphatic rings. The summed E-state index contributed by atoms with van der Waals surface area (Å²) in [6.07, 6.45) is 6.91. The van der Waals surface area contributed by atoms with Crippen molar-refractivity contribution in [1.82, 2.24) is 10.2 Å². The second-order valence-corrected chi connectivity index (χ2v) is 17.9. The van der Waals surface area contributed by atoms with Crippen LogP contribution in [0.2, 0.25) is 0 Å². The van der Waals surface area contributed by atoms with Crippen molar-refractivity contribution in [3.05, 3.63) is 311 Å². The van der Waals surface area contributed by atoms with Crippen LogP contribution < -0.4 is 24.3 Å². The number of amides is 1. The number of benzene rings is 9. The van der Waals surface area contributed by atoms with Crippen molar-refractivity contribution in [3.63, 3.8) is 0 Å². The second-order valence-electron chi connectivity index (χ2n) is 17.9. The Morgan fingerprint density at radius 2 is 0.934 bits per heavy atom. The van der Waals surface area contributed by atoms with E-state index in [-0.39, 0.29) is 53.9 Å². The van der Waals surface area contributed by atoms with E-state index < -0.39 is 17.7 Å². The molecule has 0 radical (unpaired) electrons. The molecule has 374 valence electrons. The SMILES string of the molecule is O=C(NC1=CN(Cc2ccccc2)C=CC=C1OC(=O)c1cc(OCc2ccccc2)c(C(=O)c2c(OCc3ccccc3)ccc3ccccc23)c(OCc2ccccc2)c1)c1ccc(OCc2ccccc2)cc1. The molecule has 10 heteroatoms. The highest BCUT2D eigenvalue weighted by Gasteiger charge is 2.29. The number of nitrogens with one attached hydrogen (secondary N) is 1. The minimum Gasteiger partial charge on any atom is -0.489 e. The van der Waals surface area contributed by atoms with Crippen molar-refractivity contribution in [2.75, 3.05) is 0 Å². The maximum Gasteiger partial charge on any atom is 0.343 e. The number of ketones is 1. The highest BCUT2D eigenvalue weighted by molar-refractivity contribution is 6.21. The predicted molar refractivity (Wildman–Crippen MR) is 294 cm³/mol. The van der Waals surface area contributed by atoms with Gasteiger partial charge in [0.05, 0.1) is 11.1 Å². The van der Waals surface area contributed by atoms with Crippen LogP contribution in [-0.4, -0.2) is 22.6 Å². The van der Waals surface area contributed by atoms with Gasteiger partial charge in [-0.25, -0.2) is 4.79 Å². The van der Waals surface area contributed by atoms with E-state index >= 15 is 4.79 Å². The molecule has 0 fully saturated rings. The third-order valence-electron chi connectivity index (χ3n) is 12.5. The third kappa shape index (κ3) is 12.6. The van der Waals surface area contributed by atoms with Crippen molar-refractivity contribution < 1.29 is 38.1 Å². The fraction of sp³-hybridized carbons (Fsp3) is 0.0758. The molecule has 0 spiro atoms. The molecule has 9 aromatic carbocycles. The summed E-state index contributed by atoms with van der Waals surface area (Å²) in [4.78, 5) is 46.6. The monoisotopic (exact) mass is 1000 g/mol. The van der Waals surface area contributed by atoms with E-state index in [4.69, 9.17) is 23.7 Å². The van der Waals surface area contributed by atoms with Crippen LogP contribution in [0, 0.1) is 0 Å². The number of rotatable bonds is 20. The summed E-state index contributed by atoms with van der Waals surface area (Å²) in [7, 11) is 0. The highest BCUT2D eigenvalue weighted by atomic mass is 16.5. The molecule has 1 amide bonds. The van der Waals surface area contributed by atoms with Gasteiger partial charge in [0.25, 0.3) is 5.91 Å². The average Bonchev–Trinajstić information content (AvgIpc) is 3.66. The molecule has 76 heavy (non-hydrogen) atoms. The van der Waals surface area contributed by atoms with Gasteiger partial charge >= 0.3 is 5.97 Å². The topological polar surface area (TPSA) is 113 Å². The van der Waals surface area contributed by atoms with Crippen molar-refractivity contribution >= 4 is 28.4 Å². The third-order valence-corrected chi connectivity index (χ3v) is 12.5. The Balaban J connectivity index is 1.01. The first-order valence-corrected chi connectivity index (χ1v) is 24.9. The van der Waals surface area contributed by atoms with Crippen molar-refractivity contribution in [2.24, 2.45) is 0 Å². The maximum absolute atomic E-state index is 15.7. The van der Waals surface area contributed by atoms with Gasteiger partial charge in [-0.1, -0.05) is 182 Å². The fourth-order valence-corrected chi connectivity index (χ4v) is 8.57. The summed E-state index contributed by atoms with van der Waals surface area (Å²) in [5.41, 5.74) is 5.59. The molecular formula is C66H52N2O8. The first-order chi connectivity index (χ1) is 37.4. The van der Waals surface area contributed by atoms with Crippen LogP contribution >= 0.6 is 0 Å². The molecule has 0 aliphatic carbocycles. The standard InChI is InChI=1S/C66H52N2O8/c69-64(62-56-30-17-16-29-52(56)34-37-59(62)73-44-49-23-10-3-11-24-49)63-60(74-45-50-25-12-4-13-26-50)39-54(40-61(63)75-46-51-27-14-5-15-28-51)66(71)76-58-31-18-38-68(41-47-19-6-1-7-20-47)42-57(58)67-65(70)53-32-35-55(36-33-53)72-43-48-21-8-2-9-22-48/h1-40,42H,41,43-46H2,(H,67,70). The Kier molecular flexibility index (Phi) is 15.8. The molecule has 1 N–H and O–H groups in total. The van der Waals surface area contributed by atoms with E-state index in [0.717, 1.165) is 33.2 Å². The van der Waals surface area contributed by atoms with Gasteiger partial charge in [-0.05, 0) is 93.2 Å². The van der Waals surface area contributed by atoms with Crippen molar-refractivity contribution in [2.45, 2.75) is 33.0 Å². The zero-order chi connectivity index (χ0) is 51.9. The van der Waals surface area contributed by atoms with E-state index in [2.05, 4.69) is 5.32 Å². The largest absolute Gasteiger partial charge is 0.489 e. The molecule has 10 nitrogen and oxygen atoms in total. The van der Waals surface area contributed by atoms with Crippen molar-refractivity contribution in [3.8, 4) is 23.0 Å². The Labute approximate surface area is 441 Å². The van der Waals surface area contributed by atoms with Crippen LogP contribution in [0.5, 0.6) is 23.0 Å². The van der Waals surface area contributed by atoms with E-state index in [9.17, 15) is 9.59 Å². The summed E-state index contributed by atoms with van der Waals surface area (Å²) in [6.45, 7) is 1.14. The van der Waals surface area contributed by atoms with E-state index in [0.29, 0.717) is 41.2 Å². The van der Waals surface area contributed by atoms with E-state index in [1.807, 2.05) is 193 Å². The molecule has 0 saturated carbocycles. The lowest BCUT2D eigenvalue weighted by Gasteiger charge is -2.20. The van der Waals surface area contributed by atoms with Crippen LogP contribution in [-0.2, 0) is 37.7 Å². The normalized spacial score (nSPS) is 11.9. The number of nitrogens with zero attached hydrogens (tertiary/aromatic N) is 1. The lowest BCUT2D eigenvalue weighted by Crippen LogP contribution is -2.27. The molecule has 0 saturated heterocycles. The summed E-state index contributed by atoms with van der Waals surface area (Å²) in [5.74, 6) is -0.505. The number of carbonyl (C=O) groups is 3. The zero-order valence-corrected chi connectivity index (χ0v) is 41.4. The quantitative estimate of drug-likeness (QED) is 0.0589. The smallest absolute Gasteiger partial charge is 0.343 e. The second kappa shape index (κ2) is 24.2. The summed E-state index contributed by atoms with van der Waals surface area (Å²) in [6, 6.07) is 69.6. The fourth-order valence-electron chi connectivity index (χ4n) is 8.57. The number of ether oxygens (including phenoxy) is 5. The molecule has 0 atom stereocenters. The van der Waals surface area contributed by atoms with Gasteiger partial charge in [-0.2, -0.15) is 0 Å². The van der Waals surface area contributed by atoms with Crippen LogP contribution in [0.15, 0.2) is 260 Å². The Hall–Kier alpha value is -9.93. The average molecular weight is 1000 g/mol. The Morgan fingerprint density at radius 3 is 1.49 bits per heavy atom. The minimum atomic E-state index is -0.804. The lowest BCUT2D eigenvalue weighted by molar-refractivity contribution is 0.0624. The number of carbonyl (C=O) groups excluding carboxylic acids is 3. The van der Waals surface area contributed by atoms with Gasteiger partial charge in [0, 0.05) is 24.5 Å². The Morgan fingerprint density at radius 1 is 0.447 bits per heavy atom. The molecule has 0 aromatic heterocycles. The number of esters is 1. The molecule has 10 rings (SSSR count). The van der Waals surface area contributed by atoms with Crippen LogP contribution in [0.4, 0.5) is 0 Å². The number of fused-ring (bicyclic) bond motifs is 1. The summed E-state index contributed by atoms with van der Waals surface area (Å²) in [5, 5.41) is 4.49. The van der Waals surface area contributed by atoms with Crippen LogP contribution in [0.3, 0.4) is 0 Å². The number of hydrogen-bond donors (Lipinski definition) is 1. The van der Waals surface area contributed by atoms with Gasteiger partial charge < -0.3 is 33.9 Å². The van der Waals surface area contributed by atoms with Gasteiger partial charge in [0.15, 0.2) is 5.76 Å². The van der Waals surface area contributed by atoms with Gasteiger partial charge in [-0.3, -0.25) is 9.59 Å². The van der Waals surface area contributed by atoms with Gasteiger partial charge in [-0.15, -0.1) is 0 Å². The zero-order valence-electron chi connectivity index (χ0n) is 41.4. The van der Waals surface area contributed by atoms with E-state index in [1.54, 1.807) is 48.7 Å². The first-order valence-electron chi connectivity index (χ1n) is 24.9. The highest BCUT2D eigenvalue weighted by Crippen LogP contribution is 2.39. The van der Waals surface area contributed by atoms with Gasteiger partial charge in [0.2, 0.25) is 5.78 Å². The Bertz CT molecular complexity index is 3480. The lowest BCUT2D eigenvalue weighted by atomic mass is 9.94. The summed E-state index contributed by atoms with van der Waals surface area (Å²) < 4.78 is 32.0. The minimum absolute atomic E-state index is 0.0215. The maximum atomic E-state index is 15.7. The first kappa shape index (κ1) is 49.6. The molecular weight excluding hydrogens is 949 g/mol. The predicted octanol–water partition coefficient (Wildman–Crippen LogP) is 13.7. The summed E-state index contributed by atoms with van der Waals surface area (Å²) >= 11 is 0. The van der Waals surface area contributed by atoms with Crippen molar-refractivity contribution in [1.29, 1.82) is 0 Å². The molecule has 0 unspecified atom stereocenters. The van der Waals surface area contributed by atoms with Crippen LogP contribution in [0.1, 0.15) is 64.5 Å². The molecule has 0 bridgehead atoms. The number of allylic oxidation sites excluding steroid dienone is 2. The molecule has 9 aromatic rings. The molecule has 1 heterocycles. The van der Waals surface area contributed by atoms with E-state index in [1.165, 1.54) is 12.1 Å². The van der Waals surface area contributed by atoms with Gasteiger partial charge in [0.1, 0.15) is 60.7 Å². The number of hydrogen-bond acceptors (Lipinski definition) is 9.